The molecule has 1 N–H and O–H groups in total. The van der Waals surface area contributed by atoms with E-state index in [1.54, 1.807) is 20.0 Å². The van der Waals surface area contributed by atoms with Gasteiger partial charge in [0.25, 0.3) is 0 Å². The summed E-state index contributed by atoms with van der Waals surface area (Å²) in [5.74, 6) is 5.69. The van der Waals surface area contributed by atoms with Crippen LogP contribution in [0.4, 0.5) is 0 Å². The van der Waals surface area contributed by atoms with Crippen molar-refractivity contribution in [3.05, 3.63) is 17.5 Å². The van der Waals surface area contributed by atoms with Gasteiger partial charge in [0.15, 0.2) is 0 Å². The molecule has 0 aliphatic carbocycles. The second-order valence-electron chi connectivity index (χ2n) is 3.77. The highest BCUT2D eigenvalue weighted by Crippen LogP contribution is 2.06. The quantitative estimate of drug-likeness (QED) is 0.682. The van der Waals surface area contributed by atoms with Gasteiger partial charge in [0, 0.05) is 6.54 Å². The molecular weight excluding hydrogens is 176 g/mol. The van der Waals surface area contributed by atoms with Crippen molar-refractivity contribution in [3.8, 4) is 11.8 Å². The lowest BCUT2D eigenvalue weighted by molar-refractivity contribution is 0.143. The number of rotatable bonds is 1. The molecule has 0 saturated heterocycles. The Balaban J connectivity index is 2.97. The van der Waals surface area contributed by atoms with Crippen molar-refractivity contribution in [2.45, 2.75) is 39.8 Å². The van der Waals surface area contributed by atoms with Crippen LogP contribution in [0, 0.1) is 18.8 Å². The predicted octanol–water partition coefficient (Wildman–Crippen LogP) is 1.33. The molecule has 0 fully saturated rings. The number of hydrogen-bond donors (Lipinski definition) is 1. The Bertz CT molecular complexity index is 374. The summed E-state index contributed by atoms with van der Waals surface area (Å²) in [6.45, 7) is 8.19. The Morgan fingerprint density at radius 3 is 2.64 bits per heavy atom. The van der Waals surface area contributed by atoms with Crippen LogP contribution in [-0.2, 0) is 6.54 Å². The minimum absolute atomic E-state index is 0.843. The molecule has 76 valence electrons. The molecule has 0 aromatic carbocycles. The Labute approximate surface area is 84.8 Å². The second kappa shape index (κ2) is 3.85. The molecule has 0 aliphatic rings. The Kier molecular flexibility index (Phi) is 2.97. The van der Waals surface area contributed by atoms with Crippen LogP contribution in [0.5, 0.6) is 0 Å². The molecule has 0 spiro atoms. The first-order valence-electron chi connectivity index (χ1n) is 4.72. The Hall–Kier alpha value is -1.27. The van der Waals surface area contributed by atoms with E-state index in [9.17, 15) is 5.11 Å². The summed E-state index contributed by atoms with van der Waals surface area (Å²) in [5.41, 5.74) is 0.985. The Morgan fingerprint density at radius 2 is 2.21 bits per heavy atom. The van der Waals surface area contributed by atoms with E-state index in [4.69, 9.17) is 0 Å². The predicted molar refractivity (Wildman–Crippen MR) is 55.8 cm³/mol. The van der Waals surface area contributed by atoms with Gasteiger partial charge in [-0.15, -0.1) is 0 Å². The first-order chi connectivity index (χ1) is 6.44. The summed E-state index contributed by atoms with van der Waals surface area (Å²) >= 11 is 0. The summed E-state index contributed by atoms with van der Waals surface area (Å²) in [4.78, 5) is 0. The molecule has 1 heterocycles. The van der Waals surface area contributed by atoms with Crippen LogP contribution < -0.4 is 0 Å². The van der Waals surface area contributed by atoms with E-state index in [0.29, 0.717) is 0 Å². The molecule has 0 amide bonds. The maximum atomic E-state index is 9.43. The van der Waals surface area contributed by atoms with Gasteiger partial charge in [0.1, 0.15) is 5.60 Å². The maximum Gasteiger partial charge on any atom is 0.120 e. The van der Waals surface area contributed by atoms with Gasteiger partial charge >= 0.3 is 0 Å². The van der Waals surface area contributed by atoms with Crippen LogP contribution in [0.1, 0.15) is 32.0 Å². The zero-order chi connectivity index (χ0) is 10.8. The number of aliphatic hydroxyl groups is 1. The number of aromatic nitrogens is 2. The summed E-state index contributed by atoms with van der Waals surface area (Å²) in [7, 11) is 0. The van der Waals surface area contributed by atoms with E-state index < -0.39 is 5.60 Å². The molecule has 1 aromatic rings. The van der Waals surface area contributed by atoms with Gasteiger partial charge in [-0.25, -0.2) is 0 Å². The van der Waals surface area contributed by atoms with Crippen LogP contribution in [0.15, 0.2) is 6.20 Å². The first-order valence-corrected chi connectivity index (χ1v) is 4.72. The van der Waals surface area contributed by atoms with Crippen molar-refractivity contribution in [2.24, 2.45) is 0 Å². The van der Waals surface area contributed by atoms with E-state index >= 15 is 0 Å². The van der Waals surface area contributed by atoms with Crippen LogP contribution in [-0.4, -0.2) is 20.5 Å². The zero-order valence-corrected chi connectivity index (χ0v) is 9.13. The van der Waals surface area contributed by atoms with Crippen molar-refractivity contribution in [3.63, 3.8) is 0 Å². The number of aryl methyl sites for hydroxylation is 1. The van der Waals surface area contributed by atoms with E-state index in [2.05, 4.69) is 16.9 Å². The molecule has 3 heteroatoms. The third-order valence-corrected chi connectivity index (χ3v) is 1.91. The normalized spacial score (nSPS) is 10.9. The summed E-state index contributed by atoms with van der Waals surface area (Å²) in [6, 6.07) is 0. The Morgan fingerprint density at radius 1 is 1.57 bits per heavy atom. The standard InChI is InChI=1S/C11H16N2O/c1-5-13-9(2)10(8-12-13)6-7-11(3,4)14/h8,14H,5H2,1-4H3. The molecule has 0 unspecified atom stereocenters. The molecule has 14 heavy (non-hydrogen) atoms. The minimum atomic E-state index is -0.944. The monoisotopic (exact) mass is 192 g/mol. The fraction of sp³-hybridized carbons (Fsp3) is 0.545. The van der Waals surface area contributed by atoms with Gasteiger partial charge in [-0.3, -0.25) is 4.68 Å². The maximum absolute atomic E-state index is 9.43. The molecule has 0 atom stereocenters. The lowest BCUT2D eigenvalue weighted by Crippen LogP contribution is -2.14. The molecule has 1 rings (SSSR count). The number of nitrogens with zero attached hydrogens (tertiary/aromatic N) is 2. The van der Waals surface area contributed by atoms with Gasteiger partial charge in [-0.05, 0) is 27.7 Å². The SMILES string of the molecule is CCn1ncc(C#CC(C)(C)O)c1C. The van der Waals surface area contributed by atoms with Crippen LogP contribution in [0.25, 0.3) is 0 Å². The highest BCUT2D eigenvalue weighted by molar-refractivity contribution is 5.37. The lowest BCUT2D eigenvalue weighted by Gasteiger charge is -2.05. The van der Waals surface area contributed by atoms with Crippen molar-refractivity contribution in [2.75, 3.05) is 0 Å². The molecule has 1 aromatic heterocycles. The van der Waals surface area contributed by atoms with E-state index in [1.165, 1.54) is 0 Å². The highest BCUT2D eigenvalue weighted by Gasteiger charge is 2.07. The highest BCUT2D eigenvalue weighted by atomic mass is 16.3. The second-order valence-corrected chi connectivity index (χ2v) is 3.77. The smallest absolute Gasteiger partial charge is 0.120 e. The average molecular weight is 192 g/mol. The van der Waals surface area contributed by atoms with E-state index in [0.717, 1.165) is 17.8 Å². The minimum Gasteiger partial charge on any atom is -0.378 e. The molecule has 0 aliphatic heterocycles. The van der Waals surface area contributed by atoms with Crippen LogP contribution in [0.2, 0.25) is 0 Å². The van der Waals surface area contributed by atoms with Crippen LogP contribution >= 0.6 is 0 Å². The topological polar surface area (TPSA) is 38.0 Å². The van der Waals surface area contributed by atoms with Crippen molar-refractivity contribution < 1.29 is 5.11 Å². The van der Waals surface area contributed by atoms with Gasteiger partial charge in [0.05, 0.1) is 17.5 Å². The molecule has 0 radical (unpaired) electrons. The molecule has 3 nitrogen and oxygen atoms in total. The van der Waals surface area contributed by atoms with Crippen molar-refractivity contribution >= 4 is 0 Å². The largest absolute Gasteiger partial charge is 0.378 e. The third kappa shape index (κ3) is 2.61. The van der Waals surface area contributed by atoms with Gasteiger partial charge in [-0.1, -0.05) is 11.8 Å². The zero-order valence-electron chi connectivity index (χ0n) is 9.13. The van der Waals surface area contributed by atoms with Crippen molar-refractivity contribution in [1.29, 1.82) is 0 Å². The molecule has 0 bridgehead atoms. The van der Waals surface area contributed by atoms with Gasteiger partial charge in [-0.2, -0.15) is 5.10 Å². The summed E-state index contributed by atoms with van der Waals surface area (Å²) in [5, 5.41) is 13.6. The molecular formula is C11H16N2O. The first kappa shape index (κ1) is 10.8. The number of hydrogen-bond acceptors (Lipinski definition) is 2. The van der Waals surface area contributed by atoms with Crippen LogP contribution in [0.3, 0.4) is 0 Å². The lowest BCUT2D eigenvalue weighted by atomic mass is 10.1. The summed E-state index contributed by atoms with van der Waals surface area (Å²) in [6.07, 6.45) is 1.73. The van der Waals surface area contributed by atoms with Gasteiger partial charge < -0.3 is 5.11 Å². The third-order valence-electron chi connectivity index (χ3n) is 1.91. The fourth-order valence-corrected chi connectivity index (χ4v) is 1.11. The average Bonchev–Trinajstić information content (AvgIpc) is 2.42. The van der Waals surface area contributed by atoms with E-state index in [-0.39, 0.29) is 0 Å². The van der Waals surface area contributed by atoms with E-state index in [1.807, 2.05) is 18.5 Å². The molecule has 0 saturated carbocycles. The van der Waals surface area contributed by atoms with Gasteiger partial charge in [0.2, 0.25) is 0 Å². The fourth-order valence-electron chi connectivity index (χ4n) is 1.11. The summed E-state index contributed by atoms with van der Waals surface area (Å²) < 4.78 is 1.88. The van der Waals surface area contributed by atoms with Crippen molar-refractivity contribution in [1.82, 2.24) is 9.78 Å².